The van der Waals surface area contributed by atoms with Crippen LogP contribution in [0, 0.1) is 10.1 Å². The fourth-order valence-electron chi connectivity index (χ4n) is 4.57. The number of aromatic nitrogens is 1. The summed E-state index contributed by atoms with van der Waals surface area (Å²) in [6, 6.07) is 13.1. The van der Waals surface area contributed by atoms with Crippen molar-refractivity contribution in [1.82, 2.24) is 4.98 Å². The van der Waals surface area contributed by atoms with Gasteiger partial charge in [0.2, 0.25) is 11.6 Å². The largest absolute Gasteiger partial charge is 0.493 e. The maximum Gasteiger partial charge on any atom is 0.293 e. The van der Waals surface area contributed by atoms with Crippen LogP contribution in [0.4, 0.5) is 17.1 Å². The van der Waals surface area contributed by atoms with Crippen LogP contribution in [0.2, 0.25) is 0 Å². The van der Waals surface area contributed by atoms with Gasteiger partial charge in [0.25, 0.3) is 11.6 Å². The Kier molecular flexibility index (Phi) is 6.73. The first-order chi connectivity index (χ1) is 18.4. The summed E-state index contributed by atoms with van der Waals surface area (Å²) in [7, 11) is 4.57. The number of hydrogen-bond donors (Lipinski definition) is 1. The second-order valence-corrected chi connectivity index (χ2v) is 8.72. The Morgan fingerprint density at radius 3 is 2.34 bits per heavy atom. The van der Waals surface area contributed by atoms with Gasteiger partial charge in [0.05, 0.1) is 26.3 Å². The van der Waals surface area contributed by atoms with Crippen molar-refractivity contribution < 1.29 is 28.3 Å². The van der Waals surface area contributed by atoms with Crippen LogP contribution in [0.15, 0.2) is 52.9 Å². The summed E-state index contributed by atoms with van der Waals surface area (Å²) < 4.78 is 22.1. The van der Waals surface area contributed by atoms with Crippen molar-refractivity contribution >= 4 is 34.1 Å². The van der Waals surface area contributed by atoms with E-state index in [0.29, 0.717) is 51.2 Å². The van der Waals surface area contributed by atoms with E-state index < -0.39 is 10.8 Å². The number of rotatable bonds is 8. The number of nitrogens with zero attached hydrogens (tertiary/aromatic N) is 3. The number of amides is 1. The molecule has 1 amide bonds. The third kappa shape index (κ3) is 4.65. The summed E-state index contributed by atoms with van der Waals surface area (Å²) in [6.45, 7) is 1.53. The van der Waals surface area contributed by atoms with Crippen molar-refractivity contribution in [2.24, 2.45) is 0 Å². The maximum atomic E-state index is 13.0. The number of oxazole rings is 1. The first-order valence-electron chi connectivity index (χ1n) is 12.0. The number of carbonyl (C=O) groups is 1. The van der Waals surface area contributed by atoms with E-state index in [0.717, 1.165) is 25.9 Å². The molecular formula is C27H26N4O7. The van der Waals surface area contributed by atoms with Gasteiger partial charge in [-0.2, -0.15) is 0 Å². The highest BCUT2D eigenvalue weighted by molar-refractivity contribution is 6.05. The molecule has 1 saturated heterocycles. The Morgan fingerprint density at radius 1 is 1.00 bits per heavy atom. The van der Waals surface area contributed by atoms with Gasteiger partial charge in [0, 0.05) is 36.0 Å². The summed E-state index contributed by atoms with van der Waals surface area (Å²) in [5.41, 5.74) is 2.76. The molecule has 0 bridgehead atoms. The van der Waals surface area contributed by atoms with Crippen LogP contribution < -0.4 is 24.4 Å². The van der Waals surface area contributed by atoms with Crippen LogP contribution in [-0.2, 0) is 0 Å². The van der Waals surface area contributed by atoms with Gasteiger partial charge < -0.3 is 28.8 Å². The smallest absolute Gasteiger partial charge is 0.293 e. The molecule has 1 aliphatic rings. The molecule has 0 aliphatic carbocycles. The van der Waals surface area contributed by atoms with Crippen LogP contribution in [0.25, 0.3) is 22.6 Å². The zero-order chi connectivity index (χ0) is 26.8. The molecule has 11 heteroatoms. The quantitative estimate of drug-likeness (QED) is 0.244. The van der Waals surface area contributed by atoms with Crippen molar-refractivity contribution in [2.75, 3.05) is 44.6 Å². The normalized spacial score (nSPS) is 13.0. The number of benzene rings is 3. The number of ether oxygens (including phenoxy) is 3. The predicted octanol–water partition coefficient (Wildman–Crippen LogP) is 5.28. The number of fused-ring (bicyclic) bond motifs is 1. The summed E-state index contributed by atoms with van der Waals surface area (Å²) in [5.74, 6) is 1.24. The standard InChI is InChI=1S/C27H26N4O7/c1-35-23-13-17(14-24(36-2)25(23)37-3)27-29-19-15-18(7-9-22(19)38-27)28-26(32)16-6-8-20(21(12-16)31(33)34)30-10-4-5-11-30/h6-9,12-15H,4-5,10-11H2,1-3H3,(H,28,32). The molecule has 11 nitrogen and oxygen atoms in total. The van der Waals surface area contributed by atoms with E-state index in [4.69, 9.17) is 18.6 Å². The third-order valence-electron chi connectivity index (χ3n) is 6.44. The Bertz CT molecular complexity index is 1500. The number of anilines is 2. The van der Waals surface area contributed by atoms with Crippen molar-refractivity contribution in [1.29, 1.82) is 0 Å². The van der Waals surface area contributed by atoms with Gasteiger partial charge in [-0.05, 0) is 55.3 Å². The molecule has 1 aliphatic heterocycles. The van der Waals surface area contributed by atoms with Gasteiger partial charge >= 0.3 is 0 Å². The fraction of sp³-hybridized carbons (Fsp3) is 0.259. The molecule has 0 spiro atoms. The minimum absolute atomic E-state index is 0.0820. The summed E-state index contributed by atoms with van der Waals surface area (Å²) in [6.07, 6.45) is 1.98. The van der Waals surface area contributed by atoms with E-state index in [-0.39, 0.29) is 11.3 Å². The average molecular weight is 519 g/mol. The molecule has 38 heavy (non-hydrogen) atoms. The SMILES string of the molecule is COc1cc(-c2nc3cc(NC(=O)c4ccc(N5CCCC5)c([N+](=O)[O-])c4)ccc3o2)cc(OC)c1OC. The molecule has 1 fully saturated rings. The van der Waals surface area contributed by atoms with E-state index in [2.05, 4.69) is 10.3 Å². The molecular weight excluding hydrogens is 492 g/mol. The van der Waals surface area contributed by atoms with Crippen molar-refractivity contribution in [3.63, 3.8) is 0 Å². The number of carbonyl (C=O) groups excluding carboxylic acids is 1. The number of nitrogens with one attached hydrogen (secondary N) is 1. The lowest BCUT2D eigenvalue weighted by atomic mass is 10.1. The Morgan fingerprint density at radius 2 is 1.71 bits per heavy atom. The van der Waals surface area contributed by atoms with E-state index in [1.165, 1.54) is 27.4 Å². The van der Waals surface area contributed by atoms with Crippen LogP contribution in [-0.4, -0.2) is 50.2 Å². The number of methoxy groups -OCH3 is 3. The lowest BCUT2D eigenvalue weighted by Gasteiger charge is -2.17. The minimum atomic E-state index is -0.464. The van der Waals surface area contributed by atoms with Crippen molar-refractivity contribution in [3.8, 4) is 28.7 Å². The first-order valence-corrected chi connectivity index (χ1v) is 12.0. The average Bonchev–Trinajstić information content (AvgIpc) is 3.62. The minimum Gasteiger partial charge on any atom is -0.493 e. The molecule has 3 aromatic carbocycles. The van der Waals surface area contributed by atoms with Crippen molar-refractivity contribution in [3.05, 3.63) is 64.2 Å². The monoisotopic (exact) mass is 518 g/mol. The first kappa shape index (κ1) is 24.9. The topological polar surface area (TPSA) is 129 Å². The third-order valence-corrected chi connectivity index (χ3v) is 6.44. The van der Waals surface area contributed by atoms with Crippen LogP contribution in [0.1, 0.15) is 23.2 Å². The summed E-state index contributed by atoms with van der Waals surface area (Å²) >= 11 is 0. The van der Waals surface area contributed by atoms with Gasteiger partial charge in [-0.25, -0.2) is 4.98 Å². The molecule has 0 saturated carbocycles. The van der Waals surface area contributed by atoms with Crippen LogP contribution in [0.5, 0.6) is 17.2 Å². The molecule has 0 unspecified atom stereocenters. The van der Waals surface area contributed by atoms with Gasteiger partial charge in [-0.3, -0.25) is 14.9 Å². The zero-order valence-electron chi connectivity index (χ0n) is 21.1. The van der Waals surface area contributed by atoms with E-state index in [1.54, 1.807) is 42.5 Å². The summed E-state index contributed by atoms with van der Waals surface area (Å²) in [4.78, 5) is 30.7. The second kappa shape index (κ2) is 10.3. The fourth-order valence-corrected chi connectivity index (χ4v) is 4.57. The molecule has 5 rings (SSSR count). The molecule has 1 N–H and O–H groups in total. The van der Waals surface area contributed by atoms with Crippen molar-refractivity contribution in [2.45, 2.75) is 12.8 Å². The lowest BCUT2D eigenvalue weighted by molar-refractivity contribution is -0.384. The molecule has 1 aromatic heterocycles. The summed E-state index contributed by atoms with van der Waals surface area (Å²) in [5, 5.41) is 14.5. The Balaban J connectivity index is 1.41. The molecule has 196 valence electrons. The zero-order valence-corrected chi connectivity index (χ0v) is 21.1. The highest BCUT2D eigenvalue weighted by Crippen LogP contribution is 2.41. The molecule has 0 radical (unpaired) electrons. The number of nitro groups is 1. The Hall–Kier alpha value is -4.80. The van der Waals surface area contributed by atoms with Crippen LogP contribution >= 0.6 is 0 Å². The van der Waals surface area contributed by atoms with E-state index >= 15 is 0 Å². The van der Waals surface area contributed by atoms with Gasteiger partial charge in [0.15, 0.2) is 17.1 Å². The predicted molar refractivity (Wildman–Crippen MR) is 142 cm³/mol. The van der Waals surface area contributed by atoms with E-state index in [9.17, 15) is 14.9 Å². The molecule has 2 heterocycles. The van der Waals surface area contributed by atoms with Gasteiger partial charge in [0.1, 0.15) is 11.2 Å². The lowest BCUT2D eigenvalue weighted by Crippen LogP contribution is -2.19. The number of hydrogen-bond acceptors (Lipinski definition) is 9. The number of nitro benzene ring substituents is 1. The maximum absolute atomic E-state index is 13.0. The Labute approximate surface area is 218 Å². The highest BCUT2D eigenvalue weighted by atomic mass is 16.6. The molecule has 4 aromatic rings. The van der Waals surface area contributed by atoms with E-state index in [1.807, 2.05) is 4.90 Å². The van der Waals surface area contributed by atoms with Gasteiger partial charge in [-0.1, -0.05) is 0 Å². The second-order valence-electron chi connectivity index (χ2n) is 8.72. The molecule has 0 atom stereocenters. The van der Waals surface area contributed by atoms with Gasteiger partial charge in [-0.15, -0.1) is 0 Å². The van der Waals surface area contributed by atoms with Crippen LogP contribution in [0.3, 0.4) is 0 Å². The highest BCUT2D eigenvalue weighted by Gasteiger charge is 2.24.